The molecular formula is C16H11FN4S2. The standard InChI is InChI=1S/C16H11FN4S2/c17-13-6-1-2-7-14(13)19-15-20-21-16(23-15)22-10-12-5-3-4-11(8-12)9-18/h1-8H,10H2,(H,19,20). The molecule has 0 fully saturated rings. The molecule has 0 unspecified atom stereocenters. The van der Waals surface area contributed by atoms with Crippen molar-refractivity contribution >= 4 is 33.9 Å². The van der Waals surface area contributed by atoms with Gasteiger partial charge in [0.25, 0.3) is 0 Å². The maximum Gasteiger partial charge on any atom is 0.210 e. The number of nitrogens with one attached hydrogen (secondary N) is 1. The van der Waals surface area contributed by atoms with Gasteiger partial charge in [-0.25, -0.2) is 4.39 Å². The topological polar surface area (TPSA) is 61.6 Å². The van der Waals surface area contributed by atoms with Crippen LogP contribution < -0.4 is 5.32 Å². The van der Waals surface area contributed by atoms with Crippen molar-refractivity contribution in [3.8, 4) is 6.07 Å². The van der Waals surface area contributed by atoms with Crippen LogP contribution in [0.2, 0.25) is 0 Å². The molecule has 0 aliphatic rings. The molecule has 0 atom stereocenters. The highest BCUT2D eigenvalue weighted by atomic mass is 32.2. The summed E-state index contributed by atoms with van der Waals surface area (Å²) in [5, 5.41) is 20.5. The van der Waals surface area contributed by atoms with Crippen molar-refractivity contribution in [1.29, 1.82) is 5.26 Å². The Bertz CT molecular complexity index is 857. The summed E-state index contributed by atoms with van der Waals surface area (Å²) in [7, 11) is 0. The van der Waals surface area contributed by atoms with Gasteiger partial charge in [0.2, 0.25) is 5.13 Å². The number of hydrogen-bond acceptors (Lipinski definition) is 6. The molecule has 2 aromatic carbocycles. The van der Waals surface area contributed by atoms with Gasteiger partial charge in [-0.05, 0) is 29.8 Å². The zero-order chi connectivity index (χ0) is 16.1. The lowest BCUT2D eigenvalue weighted by molar-refractivity contribution is 0.632. The Balaban J connectivity index is 1.63. The van der Waals surface area contributed by atoms with Crippen LogP contribution in [0, 0.1) is 17.1 Å². The molecule has 3 rings (SSSR count). The van der Waals surface area contributed by atoms with E-state index < -0.39 is 0 Å². The summed E-state index contributed by atoms with van der Waals surface area (Å²) in [5.41, 5.74) is 2.07. The van der Waals surface area contributed by atoms with E-state index >= 15 is 0 Å². The summed E-state index contributed by atoms with van der Waals surface area (Å²) < 4.78 is 14.4. The van der Waals surface area contributed by atoms with Crippen molar-refractivity contribution < 1.29 is 4.39 Å². The third-order valence-electron chi connectivity index (χ3n) is 2.94. The van der Waals surface area contributed by atoms with E-state index in [4.69, 9.17) is 5.26 Å². The second-order valence-corrected chi connectivity index (χ2v) is 6.78. The first-order valence-corrected chi connectivity index (χ1v) is 8.52. The number of halogens is 1. The Kier molecular flexibility index (Phi) is 4.86. The van der Waals surface area contributed by atoms with Crippen LogP contribution in [0.3, 0.4) is 0 Å². The van der Waals surface area contributed by atoms with E-state index in [1.54, 1.807) is 24.3 Å². The highest BCUT2D eigenvalue weighted by Crippen LogP contribution is 2.30. The van der Waals surface area contributed by atoms with E-state index in [2.05, 4.69) is 21.6 Å². The summed E-state index contributed by atoms with van der Waals surface area (Å²) in [5.74, 6) is 0.370. The highest BCUT2D eigenvalue weighted by molar-refractivity contribution is 8.00. The average Bonchev–Trinajstić information content (AvgIpc) is 3.03. The van der Waals surface area contributed by atoms with Crippen molar-refractivity contribution in [3.05, 3.63) is 65.5 Å². The molecule has 0 saturated heterocycles. The second-order valence-electron chi connectivity index (χ2n) is 4.58. The SMILES string of the molecule is N#Cc1cccc(CSc2nnc(Nc3ccccc3F)s2)c1. The molecule has 23 heavy (non-hydrogen) atoms. The molecule has 0 saturated carbocycles. The quantitative estimate of drug-likeness (QED) is 0.687. The first-order valence-electron chi connectivity index (χ1n) is 6.71. The van der Waals surface area contributed by atoms with Crippen molar-refractivity contribution in [2.45, 2.75) is 10.1 Å². The van der Waals surface area contributed by atoms with Crippen molar-refractivity contribution in [2.24, 2.45) is 0 Å². The van der Waals surface area contributed by atoms with Crippen molar-refractivity contribution in [2.75, 3.05) is 5.32 Å². The maximum atomic E-state index is 13.6. The summed E-state index contributed by atoms with van der Waals surface area (Å²) in [6.45, 7) is 0. The third-order valence-corrected chi connectivity index (χ3v) is 4.98. The second kappa shape index (κ2) is 7.22. The fourth-order valence-electron chi connectivity index (χ4n) is 1.87. The fraction of sp³-hybridized carbons (Fsp3) is 0.0625. The molecule has 1 N–H and O–H groups in total. The number of benzene rings is 2. The van der Waals surface area contributed by atoms with E-state index in [0.29, 0.717) is 22.1 Å². The number of rotatable bonds is 5. The predicted octanol–water partition coefficient (Wildman–Crippen LogP) is 4.58. The third kappa shape index (κ3) is 4.06. The lowest BCUT2D eigenvalue weighted by atomic mass is 10.2. The van der Waals surface area contributed by atoms with Crippen LogP contribution in [0.1, 0.15) is 11.1 Å². The van der Waals surface area contributed by atoms with Crippen LogP contribution in [0.15, 0.2) is 52.9 Å². The van der Waals surface area contributed by atoms with Crippen molar-refractivity contribution in [1.82, 2.24) is 10.2 Å². The summed E-state index contributed by atoms with van der Waals surface area (Å²) >= 11 is 2.89. The first kappa shape index (κ1) is 15.5. The molecule has 0 radical (unpaired) electrons. The van der Waals surface area contributed by atoms with E-state index in [1.807, 2.05) is 18.2 Å². The van der Waals surface area contributed by atoms with E-state index in [-0.39, 0.29) is 5.82 Å². The van der Waals surface area contributed by atoms with Gasteiger partial charge >= 0.3 is 0 Å². The van der Waals surface area contributed by atoms with Crippen LogP contribution >= 0.6 is 23.1 Å². The van der Waals surface area contributed by atoms with E-state index in [1.165, 1.54) is 29.2 Å². The number of thioether (sulfide) groups is 1. The lowest BCUT2D eigenvalue weighted by Gasteiger charge is -2.02. The molecule has 7 heteroatoms. The van der Waals surface area contributed by atoms with Crippen LogP contribution in [0.25, 0.3) is 0 Å². The van der Waals surface area contributed by atoms with Crippen LogP contribution in [-0.2, 0) is 5.75 Å². The van der Waals surface area contributed by atoms with Crippen LogP contribution in [-0.4, -0.2) is 10.2 Å². The molecule has 1 aromatic heterocycles. The Hall–Kier alpha value is -2.43. The van der Waals surface area contributed by atoms with E-state index in [0.717, 1.165) is 9.90 Å². The van der Waals surface area contributed by atoms with Gasteiger partial charge < -0.3 is 5.32 Å². The monoisotopic (exact) mass is 342 g/mol. The molecular weight excluding hydrogens is 331 g/mol. The molecule has 0 amide bonds. The molecule has 3 aromatic rings. The number of aromatic nitrogens is 2. The van der Waals surface area contributed by atoms with Crippen molar-refractivity contribution in [3.63, 3.8) is 0 Å². The molecule has 114 valence electrons. The number of anilines is 2. The smallest absolute Gasteiger partial charge is 0.210 e. The lowest BCUT2D eigenvalue weighted by Crippen LogP contribution is -1.92. The Morgan fingerprint density at radius 3 is 2.87 bits per heavy atom. The minimum absolute atomic E-state index is 0.328. The molecule has 1 heterocycles. The normalized spacial score (nSPS) is 10.3. The average molecular weight is 342 g/mol. The fourth-order valence-corrected chi connectivity index (χ4v) is 3.58. The van der Waals surface area contributed by atoms with Gasteiger partial charge in [-0.2, -0.15) is 5.26 Å². The van der Waals surface area contributed by atoms with E-state index in [9.17, 15) is 4.39 Å². The Morgan fingerprint density at radius 2 is 2.04 bits per heavy atom. The number of nitriles is 1. The van der Waals surface area contributed by atoms with Gasteiger partial charge in [-0.1, -0.05) is 47.4 Å². The summed E-state index contributed by atoms with van der Waals surface area (Å²) in [4.78, 5) is 0. The molecule has 0 bridgehead atoms. The zero-order valence-corrected chi connectivity index (χ0v) is 13.5. The van der Waals surface area contributed by atoms with Gasteiger partial charge in [0.1, 0.15) is 5.82 Å². The molecule has 0 aliphatic carbocycles. The van der Waals surface area contributed by atoms with Gasteiger partial charge in [0.15, 0.2) is 4.34 Å². The zero-order valence-electron chi connectivity index (χ0n) is 11.9. The summed E-state index contributed by atoms with van der Waals surface area (Å²) in [6, 6.07) is 16.0. The molecule has 4 nitrogen and oxygen atoms in total. The summed E-state index contributed by atoms with van der Waals surface area (Å²) in [6.07, 6.45) is 0. The minimum atomic E-state index is -0.328. The van der Waals surface area contributed by atoms with Gasteiger partial charge in [-0.3, -0.25) is 0 Å². The first-order chi connectivity index (χ1) is 11.2. The maximum absolute atomic E-state index is 13.6. The Labute approximate surface area is 141 Å². The number of hydrogen-bond donors (Lipinski definition) is 1. The predicted molar refractivity (Wildman–Crippen MR) is 90.3 cm³/mol. The van der Waals surface area contributed by atoms with Crippen LogP contribution in [0.4, 0.5) is 15.2 Å². The van der Waals surface area contributed by atoms with Gasteiger partial charge in [0.05, 0.1) is 17.3 Å². The molecule has 0 spiro atoms. The molecule has 0 aliphatic heterocycles. The number of para-hydroxylation sites is 1. The van der Waals surface area contributed by atoms with Crippen LogP contribution in [0.5, 0.6) is 0 Å². The Morgan fingerprint density at radius 1 is 1.17 bits per heavy atom. The number of nitrogens with zero attached hydrogens (tertiary/aromatic N) is 3. The van der Waals surface area contributed by atoms with Gasteiger partial charge in [-0.15, -0.1) is 10.2 Å². The van der Waals surface area contributed by atoms with Gasteiger partial charge in [0, 0.05) is 5.75 Å². The largest absolute Gasteiger partial charge is 0.328 e. The highest BCUT2D eigenvalue weighted by Gasteiger charge is 2.08. The minimum Gasteiger partial charge on any atom is -0.328 e.